The van der Waals surface area contributed by atoms with E-state index in [2.05, 4.69) is 31.6 Å². The summed E-state index contributed by atoms with van der Waals surface area (Å²) in [5.41, 5.74) is 6.62. The van der Waals surface area contributed by atoms with Gasteiger partial charge in [0.25, 0.3) is 0 Å². The Bertz CT molecular complexity index is 668. The number of halogens is 1. The Morgan fingerprint density at radius 1 is 1.39 bits per heavy atom. The predicted octanol–water partition coefficient (Wildman–Crippen LogP) is 1.96. The first kappa shape index (κ1) is 23.1. The summed E-state index contributed by atoms with van der Waals surface area (Å²) in [6.45, 7) is 3.12. The molecule has 0 aromatic carbocycles. The summed E-state index contributed by atoms with van der Waals surface area (Å²) in [6, 6.07) is 4.02. The molecule has 1 aromatic rings. The number of primary amides is 1. The van der Waals surface area contributed by atoms with E-state index < -0.39 is 0 Å². The molecule has 1 aromatic heterocycles. The van der Waals surface area contributed by atoms with Crippen LogP contribution < -0.4 is 21.3 Å². The minimum Gasteiger partial charge on any atom is -0.369 e. The number of pyridine rings is 1. The lowest BCUT2D eigenvalue weighted by molar-refractivity contribution is -0.122. The number of guanidine groups is 1. The number of anilines is 1. The second-order valence-corrected chi connectivity index (χ2v) is 8.52. The number of piperidine rings is 1. The van der Waals surface area contributed by atoms with Crippen LogP contribution in [0.15, 0.2) is 23.3 Å². The van der Waals surface area contributed by atoms with Crippen molar-refractivity contribution in [3.63, 3.8) is 0 Å². The molecule has 0 saturated carbocycles. The standard InChI is InChI=1S/C19H30N6OS.HI/c1-21-19(24-12-16-7-4-10-27-16)23-11-14-5-2-8-22-18(14)25-9-3-6-15(13-25)17(20)26;/h2,5,8,15-16H,3-4,6-7,9-13H2,1H3,(H2,20,26)(H2,21,23,24);1H. The van der Waals surface area contributed by atoms with Crippen molar-refractivity contribution >= 4 is 53.4 Å². The molecule has 156 valence electrons. The Hall–Kier alpha value is -1.23. The zero-order valence-corrected chi connectivity index (χ0v) is 19.5. The number of nitrogens with zero attached hydrogens (tertiary/aromatic N) is 3. The van der Waals surface area contributed by atoms with Crippen molar-refractivity contribution in [2.24, 2.45) is 16.6 Å². The van der Waals surface area contributed by atoms with Crippen LogP contribution in [-0.2, 0) is 11.3 Å². The van der Waals surface area contributed by atoms with E-state index in [9.17, 15) is 4.79 Å². The summed E-state index contributed by atoms with van der Waals surface area (Å²) in [5, 5.41) is 7.50. The number of aliphatic imine (C=N–C) groups is 1. The lowest BCUT2D eigenvalue weighted by Crippen LogP contribution is -2.42. The molecule has 9 heteroatoms. The number of hydrogen-bond donors (Lipinski definition) is 3. The summed E-state index contributed by atoms with van der Waals surface area (Å²) in [5.74, 6) is 2.69. The van der Waals surface area contributed by atoms with Crippen molar-refractivity contribution < 1.29 is 4.79 Å². The van der Waals surface area contributed by atoms with Gasteiger partial charge in [0.15, 0.2) is 5.96 Å². The quantitative estimate of drug-likeness (QED) is 0.303. The van der Waals surface area contributed by atoms with Gasteiger partial charge in [-0.15, -0.1) is 24.0 Å². The first-order chi connectivity index (χ1) is 13.2. The maximum Gasteiger partial charge on any atom is 0.222 e. The normalized spacial score (nSPS) is 22.5. The molecule has 3 heterocycles. The van der Waals surface area contributed by atoms with Crippen LogP contribution in [0.2, 0.25) is 0 Å². The molecule has 28 heavy (non-hydrogen) atoms. The van der Waals surface area contributed by atoms with E-state index in [1.54, 1.807) is 13.2 Å². The number of hydrogen-bond acceptors (Lipinski definition) is 5. The number of nitrogens with one attached hydrogen (secondary N) is 2. The van der Waals surface area contributed by atoms with Gasteiger partial charge in [-0.1, -0.05) is 6.07 Å². The Balaban J connectivity index is 0.00000280. The minimum absolute atomic E-state index is 0. The summed E-state index contributed by atoms with van der Waals surface area (Å²) in [4.78, 5) is 22.7. The Morgan fingerprint density at radius 2 is 2.25 bits per heavy atom. The number of thioether (sulfide) groups is 1. The minimum atomic E-state index is -0.218. The number of carbonyl (C=O) groups is 1. The SMILES string of the molecule is CN=C(NCc1cccnc1N1CCCC(C(N)=O)C1)NCC1CCCS1.I. The molecule has 0 aliphatic carbocycles. The van der Waals surface area contributed by atoms with Crippen LogP contribution in [0.1, 0.15) is 31.2 Å². The lowest BCUT2D eigenvalue weighted by atomic mass is 9.97. The van der Waals surface area contributed by atoms with E-state index in [1.165, 1.54) is 18.6 Å². The highest BCUT2D eigenvalue weighted by atomic mass is 127. The third-order valence-corrected chi connectivity index (χ3v) is 6.58. The van der Waals surface area contributed by atoms with Crippen molar-refractivity contribution in [1.82, 2.24) is 15.6 Å². The maximum absolute atomic E-state index is 11.6. The molecule has 0 spiro atoms. The topological polar surface area (TPSA) is 95.6 Å². The Morgan fingerprint density at radius 3 is 2.96 bits per heavy atom. The van der Waals surface area contributed by atoms with Gasteiger partial charge in [0.1, 0.15) is 5.82 Å². The van der Waals surface area contributed by atoms with Crippen LogP contribution in [0.25, 0.3) is 0 Å². The summed E-state index contributed by atoms with van der Waals surface area (Å²) >= 11 is 2.03. The Kier molecular flexibility index (Phi) is 9.63. The summed E-state index contributed by atoms with van der Waals surface area (Å²) in [7, 11) is 1.80. The molecular weight excluding hydrogens is 487 g/mol. The molecule has 3 rings (SSSR count). The van der Waals surface area contributed by atoms with Gasteiger partial charge in [-0.3, -0.25) is 9.79 Å². The molecule has 2 fully saturated rings. The van der Waals surface area contributed by atoms with E-state index >= 15 is 0 Å². The van der Waals surface area contributed by atoms with Crippen molar-refractivity contribution in [2.75, 3.05) is 37.3 Å². The molecule has 0 bridgehead atoms. The van der Waals surface area contributed by atoms with Crippen LogP contribution in [-0.4, -0.2) is 54.5 Å². The summed E-state index contributed by atoms with van der Waals surface area (Å²) < 4.78 is 0. The van der Waals surface area contributed by atoms with Gasteiger partial charge in [-0.25, -0.2) is 4.98 Å². The maximum atomic E-state index is 11.6. The number of nitrogens with two attached hydrogens (primary N) is 1. The van der Waals surface area contributed by atoms with E-state index in [0.29, 0.717) is 18.3 Å². The molecule has 0 radical (unpaired) electrons. The molecular formula is C19H31IN6OS. The third-order valence-electron chi connectivity index (χ3n) is 5.18. The van der Waals surface area contributed by atoms with Gasteiger partial charge >= 0.3 is 0 Å². The molecule has 7 nitrogen and oxygen atoms in total. The van der Waals surface area contributed by atoms with E-state index in [-0.39, 0.29) is 35.8 Å². The molecule has 2 unspecified atom stereocenters. The van der Waals surface area contributed by atoms with Crippen LogP contribution in [0.5, 0.6) is 0 Å². The lowest BCUT2D eigenvalue weighted by Gasteiger charge is -2.33. The highest BCUT2D eigenvalue weighted by Gasteiger charge is 2.26. The molecule has 2 aliphatic rings. The highest BCUT2D eigenvalue weighted by Crippen LogP contribution is 2.25. The number of rotatable bonds is 6. The largest absolute Gasteiger partial charge is 0.369 e. The van der Waals surface area contributed by atoms with E-state index in [4.69, 9.17) is 5.73 Å². The van der Waals surface area contributed by atoms with Crippen molar-refractivity contribution in [1.29, 1.82) is 0 Å². The second-order valence-electron chi connectivity index (χ2n) is 7.12. The van der Waals surface area contributed by atoms with Crippen molar-refractivity contribution in [2.45, 2.75) is 37.5 Å². The monoisotopic (exact) mass is 518 g/mol. The van der Waals surface area contributed by atoms with Gasteiger partial charge in [0, 0.05) is 50.2 Å². The first-order valence-electron chi connectivity index (χ1n) is 9.71. The number of carbonyl (C=O) groups excluding carboxylic acids is 1. The fourth-order valence-electron chi connectivity index (χ4n) is 3.67. The highest BCUT2D eigenvalue weighted by molar-refractivity contribution is 14.0. The molecule has 2 aliphatic heterocycles. The third kappa shape index (κ3) is 6.40. The molecule has 1 amide bonds. The zero-order chi connectivity index (χ0) is 19.1. The first-order valence-corrected chi connectivity index (χ1v) is 10.8. The van der Waals surface area contributed by atoms with E-state index in [0.717, 1.165) is 43.3 Å². The summed E-state index contributed by atoms with van der Waals surface area (Å²) in [6.07, 6.45) is 6.21. The second kappa shape index (κ2) is 11.7. The van der Waals surface area contributed by atoms with Gasteiger partial charge in [-0.05, 0) is 37.5 Å². The molecule has 2 saturated heterocycles. The van der Waals surface area contributed by atoms with Crippen LogP contribution in [0.4, 0.5) is 5.82 Å². The van der Waals surface area contributed by atoms with Crippen molar-refractivity contribution in [3.8, 4) is 0 Å². The van der Waals surface area contributed by atoms with Gasteiger partial charge in [-0.2, -0.15) is 11.8 Å². The average Bonchev–Trinajstić information content (AvgIpc) is 3.22. The Labute approximate surface area is 188 Å². The number of amides is 1. The smallest absolute Gasteiger partial charge is 0.222 e. The van der Waals surface area contributed by atoms with Crippen LogP contribution in [0, 0.1) is 5.92 Å². The fourth-order valence-corrected chi connectivity index (χ4v) is 4.87. The van der Waals surface area contributed by atoms with Crippen LogP contribution in [0.3, 0.4) is 0 Å². The zero-order valence-electron chi connectivity index (χ0n) is 16.4. The number of aromatic nitrogens is 1. The van der Waals surface area contributed by atoms with Gasteiger partial charge in [0.2, 0.25) is 5.91 Å². The van der Waals surface area contributed by atoms with Gasteiger partial charge < -0.3 is 21.3 Å². The van der Waals surface area contributed by atoms with Crippen LogP contribution >= 0.6 is 35.7 Å². The van der Waals surface area contributed by atoms with E-state index in [1.807, 2.05) is 17.8 Å². The van der Waals surface area contributed by atoms with Gasteiger partial charge in [0.05, 0.1) is 5.92 Å². The fraction of sp³-hybridized carbons (Fsp3) is 0.632. The molecule has 2 atom stereocenters. The van der Waals surface area contributed by atoms with Crippen molar-refractivity contribution in [3.05, 3.63) is 23.9 Å². The molecule has 4 N–H and O–H groups in total. The predicted molar refractivity (Wildman–Crippen MR) is 127 cm³/mol. The average molecular weight is 518 g/mol.